The first-order chi connectivity index (χ1) is 9.69. The fourth-order valence-electron chi connectivity index (χ4n) is 2.94. The Morgan fingerprint density at radius 2 is 2.10 bits per heavy atom. The van der Waals surface area contributed by atoms with Crippen LogP contribution in [0.3, 0.4) is 0 Å². The number of hydrogen-bond acceptors (Lipinski definition) is 2. The summed E-state index contributed by atoms with van der Waals surface area (Å²) in [6.07, 6.45) is 2.12. The van der Waals surface area contributed by atoms with Crippen LogP contribution < -0.4 is 10.5 Å². The zero-order chi connectivity index (χ0) is 14.1. The number of nitrogens with two attached hydrogens (primary N) is 1. The van der Waals surface area contributed by atoms with E-state index in [0.717, 1.165) is 28.6 Å². The lowest BCUT2D eigenvalue weighted by Crippen LogP contribution is -2.23. The van der Waals surface area contributed by atoms with E-state index in [0.29, 0.717) is 5.92 Å². The van der Waals surface area contributed by atoms with Crippen LogP contribution >= 0.6 is 15.9 Å². The largest absolute Gasteiger partial charge is 0.497 e. The third-order valence-corrected chi connectivity index (χ3v) is 4.82. The molecule has 2 aromatic carbocycles. The minimum absolute atomic E-state index is 0.0258. The fourth-order valence-corrected chi connectivity index (χ4v) is 3.48. The SMILES string of the molecule is COc1ccc(Br)c(C(N)CC2Cc3ccccc32)c1. The maximum atomic E-state index is 6.40. The molecule has 0 aromatic heterocycles. The van der Waals surface area contributed by atoms with Crippen molar-refractivity contribution in [3.63, 3.8) is 0 Å². The molecule has 3 heteroatoms. The number of rotatable bonds is 4. The summed E-state index contributed by atoms with van der Waals surface area (Å²) in [7, 11) is 1.68. The van der Waals surface area contributed by atoms with Crippen molar-refractivity contribution in [2.45, 2.75) is 24.8 Å². The smallest absolute Gasteiger partial charge is 0.119 e. The van der Waals surface area contributed by atoms with Gasteiger partial charge in [0, 0.05) is 10.5 Å². The van der Waals surface area contributed by atoms with E-state index < -0.39 is 0 Å². The van der Waals surface area contributed by atoms with Crippen LogP contribution in [0.15, 0.2) is 46.9 Å². The highest BCUT2D eigenvalue weighted by atomic mass is 79.9. The van der Waals surface area contributed by atoms with Crippen LogP contribution in [0.2, 0.25) is 0 Å². The van der Waals surface area contributed by atoms with Crippen molar-refractivity contribution in [3.05, 3.63) is 63.6 Å². The van der Waals surface area contributed by atoms with Crippen molar-refractivity contribution in [1.82, 2.24) is 0 Å². The lowest BCUT2D eigenvalue weighted by Gasteiger charge is -2.32. The van der Waals surface area contributed by atoms with Gasteiger partial charge >= 0.3 is 0 Å². The van der Waals surface area contributed by atoms with Crippen LogP contribution in [0, 0.1) is 0 Å². The third-order valence-electron chi connectivity index (χ3n) is 4.10. The predicted octanol–water partition coefficient (Wildman–Crippen LogP) is 4.19. The average molecular weight is 332 g/mol. The highest BCUT2D eigenvalue weighted by molar-refractivity contribution is 9.10. The van der Waals surface area contributed by atoms with Gasteiger partial charge in [-0.2, -0.15) is 0 Å². The minimum atomic E-state index is 0.0258. The molecular formula is C17H18BrNO. The van der Waals surface area contributed by atoms with Crippen molar-refractivity contribution in [2.24, 2.45) is 5.73 Å². The van der Waals surface area contributed by atoms with Gasteiger partial charge in [0.2, 0.25) is 0 Å². The molecule has 2 unspecified atom stereocenters. The molecule has 0 aliphatic heterocycles. The molecule has 2 nitrogen and oxygen atoms in total. The number of halogens is 1. The van der Waals surface area contributed by atoms with Crippen molar-refractivity contribution >= 4 is 15.9 Å². The van der Waals surface area contributed by atoms with E-state index in [1.165, 1.54) is 11.1 Å². The van der Waals surface area contributed by atoms with Crippen LogP contribution in [0.25, 0.3) is 0 Å². The van der Waals surface area contributed by atoms with Crippen LogP contribution in [-0.4, -0.2) is 7.11 Å². The molecule has 0 radical (unpaired) electrons. The van der Waals surface area contributed by atoms with E-state index in [2.05, 4.69) is 40.2 Å². The summed E-state index contributed by atoms with van der Waals surface area (Å²) in [5, 5.41) is 0. The Labute approximate surface area is 128 Å². The molecule has 3 rings (SSSR count). The Balaban J connectivity index is 1.76. The van der Waals surface area contributed by atoms with Gasteiger partial charge in [0.1, 0.15) is 5.75 Å². The van der Waals surface area contributed by atoms with Crippen LogP contribution in [0.1, 0.15) is 35.1 Å². The molecule has 0 amide bonds. The Morgan fingerprint density at radius 1 is 1.30 bits per heavy atom. The number of benzene rings is 2. The normalized spacial score (nSPS) is 18.1. The molecule has 2 aromatic rings. The molecule has 0 saturated carbocycles. The Kier molecular flexibility index (Phi) is 3.81. The molecule has 2 N–H and O–H groups in total. The second-order valence-corrected chi connectivity index (χ2v) is 6.18. The summed E-state index contributed by atoms with van der Waals surface area (Å²) in [5.41, 5.74) is 10.4. The lowest BCUT2D eigenvalue weighted by molar-refractivity contribution is 0.412. The van der Waals surface area contributed by atoms with Gasteiger partial charge in [-0.05, 0) is 53.6 Å². The zero-order valence-electron chi connectivity index (χ0n) is 11.5. The van der Waals surface area contributed by atoms with E-state index >= 15 is 0 Å². The molecular weight excluding hydrogens is 314 g/mol. The number of methoxy groups -OCH3 is 1. The monoisotopic (exact) mass is 331 g/mol. The third kappa shape index (κ3) is 2.48. The maximum absolute atomic E-state index is 6.40. The summed E-state index contributed by atoms with van der Waals surface area (Å²) in [4.78, 5) is 0. The van der Waals surface area contributed by atoms with E-state index in [-0.39, 0.29) is 6.04 Å². The van der Waals surface area contributed by atoms with Crippen LogP contribution in [-0.2, 0) is 6.42 Å². The van der Waals surface area contributed by atoms with E-state index in [1.54, 1.807) is 7.11 Å². The van der Waals surface area contributed by atoms with Crippen molar-refractivity contribution in [3.8, 4) is 5.75 Å². The van der Waals surface area contributed by atoms with Crippen molar-refractivity contribution < 1.29 is 4.74 Å². The summed E-state index contributed by atoms with van der Waals surface area (Å²) >= 11 is 3.59. The summed E-state index contributed by atoms with van der Waals surface area (Å²) in [5.74, 6) is 1.44. The first-order valence-electron chi connectivity index (χ1n) is 6.86. The van der Waals surface area contributed by atoms with Crippen molar-refractivity contribution in [1.29, 1.82) is 0 Å². The molecule has 0 bridgehead atoms. The van der Waals surface area contributed by atoms with Crippen LogP contribution in [0.4, 0.5) is 0 Å². The van der Waals surface area contributed by atoms with Gasteiger partial charge in [0.15, 0.2) is 0 Å². The second-order valence-electron chi connectivity index (χ2n) is 5.33. The minimum Gasteiger partial charge on any atom is -0.497 e. The molecule has 0 spiro atoms. The summed E-state index contributed by atoms with van der Waals surface area (Å²) in [6.45, 7) is 0. The highest BCUT2D eigenvalue weighted by Gasteiger charge is 2.28. The Hall–Kier alpha value is -1.32. The van der Waals surface area contributed by atoms with Gasteiger partial charge in [0.25, 0.3) is 0 Å². The molecule has 104 valence electrons. The molecule has 0 heterocycles. The molecule has 20 heavy (non-hydrogen) atoms. The number of hydrogen-bond donors (Lipinski definition) is 1. The van der Waals surface area contributed by atoms with Gasteiger partial charge in [-0.3, -0.25) is 0 Å². The zero-order valence-corrected chi connectivity index (χ0v) is 13.1. The topological polar surface area (TPSA) is 35.2 Å². The van der Waals surface area contributed by atoms with Crippen molar-refractivity contribution in [2.75, 3.05) is 7.11 Å². The van der Waals surface area contributed by atoms with Crippen LogP contribution in [0.5, 0.6) is 5.75 Å². The predicted molar refractivity (Wildman–Crippen MR) is 85.1 cm³/mol. The quantitative estimate of drug-likeness (QED) is 0.911. The Morgan fingerprint density at radius 3 is 2.85 bits per heavy atom. The molecule has 0 fully saturated rings. The van der Waals surface area contributed by atoms with E-state index in [4.69, 9.17) is 10.5 Å². The first-order valence-corrected chi connectivity index (χ1v) is 7.65. The van der Waals surface area contributed by atoms with Gasteiger partial charge in [-0.15, -0.1) is 0 Å². The average Bonchev–Trinajstić information content (AvgIpc) is 2.45. The summed E-state index contributed by atoms with van der Waals surface area (Å²) in [6, 6.07) is 14.6. The molecule has 2 atom stereocenters. The van der Waals surface area contributed by atoms with E-state index in [9.17, 15) is 0 Å². The second kappa shape index (κ2) is 5.58. The summed E-state index contributed by atoms with van der Waals surface area (Å²) < 4.78 is 6.34. The molecule has 0 saturated heterocycles. The highest BCUT2D eigenvalue weighted by Crippen LogP contribution is 2.41. The number of fused-ring (bicyclic) bond motifs is 1. The first kappa shape index (κ1) is 13.7. The maximum Gasteiger partial charge on any atom is 0.119 e. The molecule has 1 aliphatic rings. The Bertz CT molecular complexity index is 626. The van der Waals surface area contributed by atoms with Gasteiger partial charge in [0.05, 0.1) is 7.11 Å². The fraction of sp³-hybridized carbons (Fsp3) is 0.294. The number of ether oxygens (including phenoxy) is 1. The van der Waals surface area contributed by atoms with Gasteiger partial charge in [-0.1, -0.05) is 40.2 Å². The molecule has 1 aliphatic carbocycles. The lowest BCUT2D eigenvalue weighted by atomic mass is 9.74. The standard InChI is InChI=1S/C17H18BrNO/c1-20-13-6-7-16(18)15(10-13)17(19)9-12-8-11-4-2-3-5-14(11)12/h2-7,10,12,17H,8-9,19H2,1H3. The van der Waals surface area contributed by atoms with Gasteiger partial charge < -0.3 is 10.5 Å². The van der Waals surface area contributed by atoms with E-state index in [1.807, 2.05) is 18.2 Å². The van der Waals surface area contributed by atoms with Gasteiger partial charge in [-0.25, -0.2) is 0 Å².